The first-order chi connectivity index (χ1) is 9.66. The summed E-state index contributed by atoms with van der Waals surface area (Å²) in [5, 5.41) is 6.90. The van der Waals surface area contributed by atoms with Gasteiger partial charge in [0.2, 0.25) is 5.91 Å². The monoisotopic (exact) mass is 280 g/mol. The third-order valence-electron chi connectivity index (χ3n) is 5.49. The van der Waals surface area contributed by atoms with E-state index < -0.39 is 0 Å². The lowest BCUT2D eigenvalue weighted by atomic mass is 9.77. The number of rotatable bonds is 2. The van der Waals surface area contributed by atoms with Gasteiger partial charge in [-0.2, -0.15) is 0 Å². The Morgan fingerprint density at radius 2 is 1.90 bits per heavy atom. The summed E-state index contributed by atoms with van der Waals surface area (Å²) in [5.74, 6) is 1.02. The first-order valence-corrected chi connectivity index (χ1v) is 8.32. The second-order valence-electron chi connectivity index (χ2n) is 7.11. The van der Waals surface area contributed by atoms with E-state index in [9.17, 15) is 4.79 Å². The predicted molar refractivity (Wildman–Crippen MR) is 78.5 cm³/mol. The van der Waals surface area contributed by atoms with Gasteiger partial charge in [-0.05, 0) is 51.4 Å². The van der Waals surface area contributed by atoms with E-state index in [-0.39, 0.29) is 17.5 Å². The fraction of sp³-hybridized carbons (Fsp3) is 0.938. The standard InChI is InChI=1S/C16H28N2O2/c1-16(8-10-20-11-9-16)18-15(19)14-7-6-12-4-2-3-5-13(12)17-14/h12-14,17H,2-11H2,1H3,(H,18,19). The molecule has 2 saturated heterocycles. The van der Waals surface area contributed by atoms with E-state index in [2.05, 4.69) is 17.6 Å². The quantitative estimate of drug-likeness (QED) is 0.813. The van der Waals surface area contributed by atoms with Crippen molar-refractivity contribution in [2.24, 2.45) is 5.92 Å². The van der Waals surface area contributed by atoms with Gasteiger partial charge in [-0.25, -0.2) is 0 Å². The van der Waals surface area contributed by atoms with Gasteiger partial charge in [0.05, 0.1) is 6.04 Å². The Kier molecular flexibility index (Phi) is 4.32. The van der Waals surface area contributed by atoms with Crippen LogP contribution in [0.4, 0.5) is 0 Å². The normalized spacial score (nSPS) is 37.0. The van der Waals surface area contributed by atoms with Crippen molar-refractivity contribution < 1.29 is 9.53 Å². The Hall–Kier alpha value is -0.610. The molecule has 0 radical (unpaired) electrons. The molecule has 0 aromatic carbocycles. The van der Waals surface area contributed by atoms with Gasteiger partial charge in [-0.1, -0.05) is 12.8 Å². The summed E-state index contributed by atoms with van der Waals surface area (Å²) in [6.07, 6.45) is 9.36. The number of hydrogen-bond acceptors (Lipinski definition) is 3. The number of carbonyl (C=O) groups excluding carboxylic acids is 1. The third kappa shape index (κ3) is 3.17. The van der Waals surface area contributed by atoms with Crippen molar-refractivity contribution in [3.05, 3.63) is 0 Å². The molecule has 0 spiro atoms. The first-order valence-electron chi connectivity index (χ1n) is 8.32. The Morgan fingerprint density at radius 3 is 2.70 bits per heavy atom. The zero-order valence-electron chi connectivity index (χ0n) is 12.6. The second-order valence-corrected chi connectivity index (χ2v) is 7.11. The molecular formula is C16H28N2O2. The van der Waals surface area contributed by atoms with Crippen molar-refractivity contribution in [3.8, 4) is 0 Å². The minimum atomic E-state index is -0.0690. The molecule has 114 valence electrons. The highest BCUT2D eigenvalue weighted by Gasteiger charge is 2.37. The lowest BCUT2D eigenvalue weighted by molar-refractivity contribution is -0.127. The molecule has 1 amide bonds. The molecule has 1 aliphatic carbocycles. The average molecular weight is 280 g/mol. The summed E-state index contributed by atoms with van der Waals surface area (Å²) in [6.45, 7) is 3.68. The molecule has 4 heteroatoms. The van der Waals surface area contributed by atoms with Crippen molar-refractivity contribution in [2.45, 2.75) is 75.9 Å². The molecule has 2 aliphatic heterocycles. The maximum atomic E-state index is 12.5. The number of amides is 1. The van der Waals surface area contributed by atoms with Gasteiger partial charge in [0.15, 0.2) is 0 Å². The van der Waals surface area contributed by atoms with Crippen LogP contribution in [0.1, 0.15) is 58.3 Å². The van der Waals surface area contributed by atoms with Crippen molar-refractivity contribution in [2.75, 3.05) is 13.2 Å². The van der Waals surface area contributed by atoms with Crippen LogP contribution in [0.5, 0.6) is 0 Å². The van der Waals surface area contributed by atoms with E-state index in [1.807, 2.05) is 0 Å². The molecule has 3 fully saturated rings. The molecule has 20 heavy (non-hydrogen) atoms. The molecule has 0 aromatic heterocycles. The number of nitrogens with one attached hydrogen (secondary N) is 2. The smallest absolute Gasteiger partial charge is 0.237 e. The summed E-state index contributed by atoms with van der Waals surface area (Å²) < 4.78 is 5.40. The van der Waals surface area contributed by atoms with Crippen LogP contribution < -0.4 is 10.6 Å². The highest BCUT2D eigenvalue weighted by molar-refractivity contribution is 5.82. The SMILES string of the molecule is CC1(NC(=O)C2CCC3CCCCC3N2)CCOCC1. The van der Waals surface area contributed by atoms with Crippen LogP contribution in [-0.4, -0.2) is 36.7 Å². The molecule has 3 atom stereocenters. The lowest BCUT2D eigenvalue weighted by Crippen LogP contribution is -2.59. The molecule has 3 rings (SSSR count). The lowest BCUT2D eigenvalue weighted by Gasteiger charge is -2.41. The number of piperidine rings is 1. The van der Waals surface area contributed by atoms with Gasteiger partial charge >= 0.3 is 0 Å². The van der Waals surface area contributed by atoms with Crippen LogP contribution in [0.2, 0.25) is 0 Å². The minimum Gasteiger partial charge on any atom is -0.381 e. The Morgan fingerprint density at radius 1 is 1.15 bits per heavy atom. The fourth-order valence-electron chi connectivity index (χ4n) is 4.03. The largest absolute Gasteiger partial charge is 0.381 e. The maximum absolute atomic E-state index is 12.5. The molecule has 3 aliphatic rings. The molecular weight excluding hydrogens is 252 g/mol. The van der Waals surface area contributed by atoms with E-state index in [0.717, 1.165) is 38.4 Å². The van der Waals surface area contributed by atoms with Gasteiger partial charge in [0.25, 0.3) is 0 Å². The fourth-order valence-corrected chi connectivity index (χ4v) is 4.03. The van der Waals surface area contributed by atoms with Crippen molar-refractivity contribution in [1.29, 1.82) is 0 Å². The van der Waals surface area contributed by atoms with Crippen molar-refractivity contribution in [3.63, 3.8) is 0 Å². The number of hydrogen-bond donors (Lipinski definition) is 2. The third-order valence-corrected chi connectivity index (χ3v) is 5.49. The highest BCUT2D eigenvalue weighted by Crippen LogP contribution is 2.32. The van der Waals surface area contributed by atoms with Crippen molar-refractivity contribution in [1.82, 2.24) is 10.6 Å². The van der Waals surface area contributed by atoms with Gasteiger partial charge in [-0.15, -0.1) is 0 Å². The van der Waals surface area contributed by atoms with E-state index in [0.29, 0.717) is 6.04 Å². The number of fused-ring (bicyclic) bond motifs is 1. The molecule has 2 N–H and O–H groups in total. The van der Waals surface area contributed by atoms with Crippen LogP contribution in [0, 0.1) is 5.92 Å². The Balaban J connectivity index is 1.54. The molecule has 3 unspecified atom stereocenters. The second kappa shape index (κ2) is 6.02. The zero-order valence-corrected chi connectivity index (χ0v) is 12.6. The van der Waals surface area contributed by atoms with Gasteiger partial charge in [0, 0.05) is 24.8 Å². The van der Waals surface area contributed by atoms with Crippen LogP contribution >= 0.6 is 0 Å². The Bertz CT molecular complexity index is 352. The maximum Gasteiger partial charge on any atom is 0.237 e. The topological polar surface area (TPSA) is 50.4 Å². The van der Waals surface area contributed by atoms with Crippen LogP contribution in [0.15, 0.2) is 0 Å². The van der Waals surface area contributed by atoms with Gasteiger partial charge < -0.3 is 15.4 Å². The summed E-state index contributed by atoms with van der Waals surface area (Å²) in [6, 6.07) is 0.602. The van der Waals surface area contributed by atoms with Crippen molar-refractivity contribution >= 4 is 5.91 Å². The molecule has 0 bridgehead atoms. The van der Waals surface area contributed by atoms with Crippen LogP contribution in [-0.2, 0) is 9.53 Å². The predicted octanol–water partition coefficient (Wildman–Crippen LogP) is 1.98. The Labute approximate surface area is 122 Å². The molecule has 4 nitrogen and oxygen atoms in total. The summed E-state index contributed by atoms with van der Waals surface area (Å²) in [4.78, 5) is 12.5. The van der Waals surface area contributed by atoms with Crippen LogP contribution in [0.25, 0.3) is 0 Å². The van der Waals surface area contributed by atoms with E-state index >= 15 is 0 Å². The first kappa shape index (κ1) is 14.3. The average Bonchev–Trinajstić information content (AvgIpc) is 2.47. The zero-order chi connectivity index (χ0) is 14.0. The van der Waals surface area contributed by atoms with E-state index in [4.69, 9.17) is 4.74 Å². The number of ether oxygens (including phenoxy) is 1. The molecule has 0 aromatic rings. The molecule has 1 saturated carbocycles. The van der Waals surface area contributed by atoms with Crippen LogP contribution in [0.3, 0.4) is 0 Å². The van der Waals surface area contributed by atoms with Gasteiger partial charge in [0.1, 0.15) is 0 Å². The summed E-state index contributed by atoms with van der Waals surface area (Å²) >= 11 is 0. The van der Waals surface area contributed by atoms with Gasteiger partial charge in [-0.3, -0.25) is 4.79 Å². The number of carbonyl (C=O) groups is 1. The summed E-state index contributed by atoms with van der Waals surface area (Å²) in [5.41, 5.74) is -0.0690. The highest BCUT2D eigenvalue weighted by atomic mass is 16.5. The van der Waals surface area contributed by atoms with E-state index in [1.165, 1.54) is 32.1 Å². The minimum absolute atomic E-state index is 0.0222. The summed E-state index contributed by atoms with van der Waals surface area (Å²) in [7, 11) is 0. The van der Waals surface area contributed by atoms with E-state index in [1.54, 1.807) is 0 Å². The molecule has 2 heterocycles.